The standard InChI is InChI=1S/C10H10BrClF2O/c11-9-4-3-8(15-10(13)14)6-7(9)2-1-5-12/h3-4,6,10H,1-2,5H2. The summed E-state index contributed by atoms with van der Waals surface area (Å²) in [7, 11) is 0. The maximum Gasteiger partial charge on any atom is 0.387 e. The first-order valence-electron chi connectivity index (χ1n) is 4.42. The highest BCUT2D eigenvalue weighted by molar-refractivity contribution is 9.10. The highest BCUT2D eigenvalue weighted by Crippen LogP contribution is 2.24. The average molecular weight is 300 g/mol. The van der Waals surface area contributed by atoms with Gasteiger partial charge in [-0.3, -0.25) is 0 Å². The zero-order chi connectivity index (χ0) is 11.3. The van der Waals surface area contributed by atoms with Crippen LogP contribution in [0.3, 0.4) is 0 Å². The van der Waals surface area contributed by atoms with E-state index in [1.807, 2.05) is 0 Å². The van der Waals surface area contributed by atoms with Crippen molar-refractivity contribution >= 4 is 27.5 Å². The van der Waals surface area contributed by atoms with E-state index in [1.54, 1.807) is 12.1 Å². The summed E-state index contributed by atoms with van der Waals surface area (Å²) < 4.78 is 29.1. The lowest BCUT2D eigenvalue weighted by Crippen LogP contribution is -2.02. The summed E-state index contributed by atoms with van der Waals surface area (Å²) in [5, 5.41) is 0. The largest absolute Gasteiger partial charge is 0.435 e. The van der Waals surface area contributed by atoms with E-state index in [2.05, 4.69) is 20.7 Å². The Morgan fingerprint density at radius 2 is 2.13 bits per heavy atom. The third-order valence-electron chi connectivity index (χ3n) is 1.82. The second-order valence-corrected chi connectivity index (χ2v) is 4.16. The van der Waals surface area contributed by atoms with Gasteiger partial charge in [0.15, 0.2) is 0 Å². The van der Waals surface area contributed by atoms with Crippen molar-refractivity contribution in [1.82, 2.24) is 0 Å². The van der Waals surface area contributed by atoms with Crippen LogP contribution in [0.5, 0.6) is 5.75 Å². The molecule has 1 aromatic carbocycles. The molecule has 1 nitrogen and oxygen atoms in total. The predicted octanol–water partition coefficient (Wildman–Crippen LogP) is 4.22. The normalized spacial score (nSPS) is 10.7. The van der Waals surface area contributed by atoms with E-state index in [-0.39, 0.29) is 5.75 Å². The molecule has 0 bridgehead atoms. The van der Waals surface area contributed by atoms with Gasteiger partial charge in [0, 0.05) is 10.4 Å². The number of hydrogen-bond donors (Lipinski definition) is 0. The van der Waals surface area contributed by atoms with Crippen LogP contribution in [0.2, 0.25) is 0 Å². The molecular weight excluding hydrogens is 289 g/mol. The van der Waals surface area contributed by atoms with Gasteiger partial charge < -0.3 is 4.74 Å². The fourth-order valence-corrected chi connectivity index (χ4v) is 1.75. The molecule has 1 aromatic rings. The SMILES string of the molecule is FC(F)Oc1ccc(Br)c(CCCCl)c1. The minimum Gasteiger partial charge on any atom is -0.435 e. The number of ether oxygens (including phenoxy) is 1. The van der Waals surface area contributed by atoms with E-state index in [1.165, 1.54) is 6.07 Å². The maximum atomic E-state index is 11.9. The van der Waals surface area contributed by atoms with Crippen molar-refractivity contribution < 1.29 is 13.5 Å². The van der Waals surface area contributed by atoms with Crippen LogP contribution >= 0.6 is 27.5 Å². The minimum absolute atomic E-state index is 0.178. The monoisotopic (exact) mass is 298 g/mol. The lowest BCUT2D eigenvalue weighted by atomic mass is 10.1. The van der Waals surface area contributed by atoms with Gasteiger partial charge in [-0.25, -0.2) is 0 Å². The lowest BCUT2D eigenvalue weighted by molar-refractivity contribution is -0.0498. The number of benzene rings is 1. The molecule has 0 atom stereocenters. The predicted molar refractivity (Wildman–Crippen MR) is 59.8 cm³/mol. The van der Waals surface area contributed by atoms with Crippen LogP contribution in [0.15, 0.2) is 22.7 Å². The van der Waals surface area contributed by atoms with Crippen molar-refractivity contribution in [1.29, 1.82) is 0 Å². The summed E-state index contributed by atoms with van der Waals surface area (Å²) in [6.45, 7) is -2.79. The average Bonchev–Trinajstić information content (AvgIpc) is 2.18. The molecule has 0 N–H and O–H groups in total. The first-order chi connectivity index (χ1) is 7.13. The van der Waals surface area contributed by atoms with E-state index in [4.69, 9.17) is 11.6 Å². The van der Waals surface area contributed by atoms with E-state index >= 15 is 0 Å². The number of halogens is 4. The Balaban J connectivity index is 2.75. The van der Waals surface area contributed by atoms with Gasteiger partial charge in [0.25, 0.3) is 0 Å². The van der Waals surface area contributed by atoms with E-state index in [0.717, 1.165) is 22.9 Å². The Labute approximate surface area is 101 Å². The molecular formula is C10H10BrClF2O. The molecule has 1 rings (SSSR count). The summed E-state index contributed by atoms with van der Waals surface area (Å²) in [6.07, 6.45) is 1.54. The molecule has 0 amide bonds. The molecule has 5 heteroatoms. The third-order valence-corrected chi connectivity index (χ3v) is 2.86. The smallest absolute Gasteiger partial charge is 0.387 e. The number of hydrogen-bond acceptors (Lipinski definition) is 1. The molecule has 0 saturated carbocycles. The second-order valence-electron chi connectivity index (χ2n) is 2.92. The van der Waals surface area contributed by atoms with Gasteiger partial charge in [0.05, 0.1) is 0 Å². The van der Waals surface area contributed by atoms with Crippen molar-refractivity contribution in [3.05, 3.63) is 28.2 Å². The summed E-state index contributed by atoms with van der Waals surface area (Å²) in [4.78, 5) is 0. The molecule has 0 aliphatic rings. The lowest BCUT2D eigenvalue weighted by Gasteiger charge is -2.08. The van der Waals surface area contributed by atoms with Crippen LogP contribution in [0, 0.1) is 0 Å². The molecule has 0 aliphatic carbocycles. The Morgan fingerprint density at radius 1 is 1.40 bits per heavy atom. The Kier molecular flexibility index (Phi) is 5.32. The Morgan fingerprint density at radius 3 is 2.73 bits per heavy atom. The highest BCUT2D eigenvalue weighted by atomic mass is 79.9. The summed E-state index contributed by atoms with van der Waals surface area (Å²) in [5.41, 5.74) is 0.925. The molecule has 0 heterocycles. The van der Waals surface area contributed by atoms with Crippen LogP contribution < -0.4 is 4.74 Å². The van der Waals surface area contributed by atoms with Gasteiger partial charge >= 0.3 is 6.61 Å². The number of aryl methyl sites for hydroxylation is 1. The minimum atomic E-state index is -2.79. The summed E-state index contributed by atoms with van der Waals surface area (Å²) in [6, 6.07) is 4.80. The third kappa shape index (κ3) is 4.34. The first kappa shape index (κ1) is 12.7. The van der Waals surface area contributed by atoms with Crippen LogP contribution in [-0.4, -0.2) is 12.5 Å². The molecule has 15 heavy (non-hydrogen) atoms. The molecule has 0 spiro atoms. The summed E-state index contributed by atoms with van der Waals surface area (Å²) >= 11 is 8.90. The van der Waals surface area contributed by atoms with Gasteiger partial charge in [-0.2, -0.15) is 8.78 Å². The van der Waals surface area contributed by atoms with Gasteiger partial charge in [-0.15, -0.1) is 11.6 Å². The molecule has 0 radical (unpaired) electrons. The van der Waals surface area contributed by atoms with Crippen molar-refractivity contribution in [3.8, 4) is 5.75 Å². The van der Waals surface area contributed by atoms with Crippen molar-refractivity contribution in [2.75, 3.05) is 5.88 Å². The van der Waals surface area contributed by atoms with Gasteiger partial charge in [0.1, 0.15) is 5.75 Å². The summed E-state index contributed by atoms with van der Waals surface area (Å²) in [5.74, 6) is 0.726. The van der Waals surface area contributed by atoms with Crippen molar-refractivity contribution in [3.63, 3.8) is 0 Å². The molecule has 0 aromatic heterocycles. The van der Waals surface area contributed by atoms with Gasteiger partial charge in [-0.1, -0.05) is 15.9 Å². The van der Waals surface area contributed by atoms with Crippen molar-refractivity contribution in [2.24, 2.45) is 0 Å². The molecule has 84 valence electrons. The zero-order valence-electron chi connectivity index (χ0n) is 7.85. The van der Waals surface area contributed by atoms with E-state index in [9.17, 15) is 8.78 Å². The quantitative estimate of drug-likeness (QED) is 0.740. The van der Waals surface area contributed by atoms with Crippen LogP contribution in [-0.2, 0) is 6.42 Å². The molecule has 0 fully saturated rings. The van der Waals surface area contributed by atoms with Crippen LogP contribution in [0.1, 0.15) is 12.0 Å². The topological polar surface area (TPSA) is 9.23 Å². The van der Waals surface area contributed by atoms with Crippen LogP contribution in [0.25, 0.3) is 0 Å². The van der Waals surface area contributed by atoms with Crippen LogP contribution in [0.4, 0.5) is 8.78 Å². The fourth-order valence-electron chi connectivity index (χ4n) is 1.18. The molecule has 0 saturated heterocycles. The van der Waals surface area contributed by atoms with Crippen molar-refractivity contribution in [2.45, 2.75) is 19.5 Å². The Hall–Kier alpha value is -0.350. The molecule has 0 unspecified atom stereocenters. The fraction of sp³-hybridized carbons (Fsp3) is 0.400. The Bertz CT molecular complexity index is 320. The zero-order valence-corrected chi connectivity index (χ0v) is 10.2. The number of alkyl halides is 3. The first-order valence-corrected chi connectivity index (χ1v) is 5.75. The van der Waals surface area contributed by atoms with E-state index in [0.29, 0.717) is 5.88 Å². The second kappa shape index (κ2) is 6.28. The number of rotatable bonds is 5. The van der Waals surface area contributed by atoms with Gasteiger partial charge in [-0.05, 0) is 36.6 Å². The highest BCUT2D eigenvalue weighted by Gasteiger charge is 2.07. The van der Waals surface area contributed by atoms with Gasteiger partial charge in [0.2, 0.25) is 0 Å². The molecule has 0 aliphatic heterocycles. The van der Waals surface area contributed by atoms with E-state index < -0.39 is 6.61 Å². The maximum absolute atomic E-state index is 11.9.